The zero-order valence-electron chi connectivity index (χ0n) is 41.9. The summed E-state index contributed by atoms with van der Waals surface area (Å²) in [5.41, 5.74) is 24.4. The van der Waals surface area contributed by atoms with Crippen molar-refractivity contribution in [2.24, 2.45) is 0 Å². The van der Waals surface area contributed by atoms with E-state index in [1.54, 1.807) is 0 Å². The maximum absolute atomic E-state index is 6.71. The van der Waals surface area contributed by atoms with Crippen molar-refractivity contribution in [2.75, 3.05) is 4.90 Å². The zero-order valence-corrected chi connectivity index (χ0v) is 42.7. The summed E-state index contributed by atoms with van der Waals surface area (Å²) in [5, 5.41) is 0. The number of fused-ring (bicyclic) bond motifs is 18. The summed E-state index contributed by atoms with van der Waals surface area (Å²) in [4.78, 5) is 5.08. The third kappa shape index (κ3) is 6.38. The van der Waals surface area contributed by atoms with Crippen LogP contribution < -0.4 is 9.64 Å². The first-order valence-corrected chi connectivity index (χ1v) is 27.4. The molecule has 0 fully saturated rings. The Morgan fingerprint density at radius 2 is 0.636 bits per heavy atom. The number of nitrogens with zero attached hydrogens (tertiary/aromatic N) is 1. The molecule has 0 bridgehead atoms. The topological polar surface area (TPSA) is 12.5 Å². The fourth-order valence-corrected chi connectivity index (χ4v) is 14.8. The average molecular weight is 998 g/mol. The van der Waals surface area contributed by atoms with Crippen LogP contribution in [0.25, 0.3) is 55.6 Å². The number of anilines is 3. The molecule has 12 aromatic carbocycles. The van der Waals surface area contributed by atoms with E-state index in [9.17, 15) is 0 Å². The molecule has 0 unspecified atom stereocenters. The van der Waals surface area contributed by atoms with Gasteiger partial charge in [-0.3, -0.25) is 0 Å². The van der Waals surface area contributed by atoms with Gasteiger partial charge in [0.2, 0.25) is 0 Å². The Hall–Kier alpha value is -9.41. The number of benzene rings is 12. The van der Waals surface area contributed by atoms with E-state index >= 15 is 0 Å². The van der Waals surface area contributed by atoms with Gasteiger partial charge in [-0.1, -0.05) is 218 Å². The van der Waals surface area contributed by atoms with E-state index in [-0.39, 0.29) is 0 Å². The first-order valence-electron chi connectivity index (χ1n) is 26.6. The standard InChI is InChI=1S/C74H47NOS/c1-3-19-48(20-4-1)51-43-52(49-21-5-2-6-22-49)45-53(44-51)50-35-37-54(38-36-50)75(55-40-42-63-60(46-55)58-24-8-10-26-62(58)73(63)64-27-11-15-31-69(64)76-70-32-16-12-28-65(70)73)56-39-41-59-57-23-7-9-25-61(57)74(68(59)47-56)66-29-13-17-33-71(66)77-72-34-18-14-30-67(72)74/h1-47H. The molecule has 0 radical (unpaired) electrons. The third-order valence-electron chi connectivity index (χ3n) is 16.8. The van der Waals surface area contributed by atoms with Crippen molar-refractivity contribution in [3.63, 3.8) is 0 Å². The summed E-state index contributed by atoms with van der Waals surface area (Å²) in [7, 11) is 0. The van der Waals surface area contributed by atoms with Crippen LogP contribution in [0.2, 0.25) is 0 Å². The van der Waals surface area contributed by atoms with Crippen molar-refractivity contribution < 1.29 is 4.74 Å². The normalized spacial score (nSPS) is 14.0. The highest BCUT2D eigenvalue weighted by Crippen LogP contribution is 2.65. The molecule has 2 aliphatic heterocycles. The molecule has 77 heavy (non-hydrogen) atoms. The number of ether oxygens (including phenoxy) is 1. The van der Waals surface area contributed by atoms with E-state index in [1.807, 2.05) is 11.8 Å². The Morgan fingerprint density at radius 3 is 1.21 bits per heavy atom. The van der Waals surface area contributed by atoms with Gasteiger partial charge in [0.15, 0.2) is 0 Å². The number of rotatable bonds is 6. The van der Waals surface area contributed by atoms with E-state index < -0.39 is 10.8 Å². The quantitative estimate of drug-likeness (QED) is 0.165. The highest BCUT2D eigenvalue weighted by Gasteiger charge is 2.52. The van der Waals surface area contributed by atoms with Crippen LogP contribution in [0.1, 0.15) is 44.5 Å². The molecule has 16 rings (SSSR count). The van der Waals surface area contributed by atoms with Crippen LogP contribution in [0, 0.1) is 0 Å². The van der Waals surface area contributed by atoms with E-state index in [0.29, 0.717) is 0 Å². The molecule has 0 N–H and O–H groups in total. The smallest absolute Gasteiger partial charge is 0.132 e. The molecule has 2 heterocycles. The highest BCUT2D eigenvalue weighted by atomic mass is 32.2. The van der Waals surface area contributed by atoms with Gasteiger partial charge in [0.05, 0.1) is 10.8 Å². The Kier molecular flexibility index (Phi) is 9.73. The molecule has 2 spiro atoms. The Morgan fingerprint density at radius 1 is 0.247 bits per heavy atom. The summed E-state index contributed by atoms with van der Waals surface area (Å²) in [6.07, 6.45) is 0. The first-order chi connectivity index (χ1) is 38.2. The predicted molar refractivity (Wildman–Crippen MR) is 316 cm³/mol. The predicted octanol–water partition coefficient (Wildman–Crippen LogP) is 19.5. The molecule has 2 aliphatic carbocycles. The minimum atomic E-state index is -0.569. The summed E-state index contributed by atoms with van der Waals surface area (Å²) in [5.74, 6) is 1.78. The van der Waals surface area contributed by atoms with Gasteiger partial charge in [-0.15, -0.1) is 0 Å². The molecule has 0 amide bonds. The van der Waals surface area contributed by atoms with Crippen molar-refractivity contribution in [3.05, 3.63) is 330 Å². The molecule has 2 nitrogen and oxygen atoms in total. The van der Waals surface area contributed by atoms with Crippen LogP contribution >= 0.6 is 11.8 Å². The van der Waals surface area contributed by atoms with Crippen LogP contribution in [0.15, 0.2) is 295 Å². The molecule has 0 saturated carbocycles. The lowest BCUT2D eigenvalue weighted by atomic mass is 9.66. The molecule has 4 aliphatic rings. The van der Waals surface area contributed by atoms with Gasteiger partial charge in [-0.2, -0.15) is 0 Å². The van der Waals surface area contributed by atoms with Gasteiger partial charge in [0.25, 0.3) is 0 Å². The van der Waals surface area contributed by atoms with Crippen LogP contribution in [-0.4, -0.2) is 0 Å². The maximum atomic E-state index is 6.71. The number of hydrogen-bond donors (Lipinski definition) is 0. The lowest BCUT2D eigenvalue weighted by Gasteiger charge is -2.40. The summed E-state index contributed by atoms with van der Waals surface area (Å²) >= 11 is 1.88. The molecule has 360 valence electrons. The largest absolute Gasteiger partial charge is 0.457 e. The lowest BCUT2D eigenvalue weighted by Crippen LogP contribution is -2.32. The molecule has 0 aromatic heterocycles. The van der Waals surface area contributed by atoms with E-state index in [0.717, 1.165) is 45.3 Å². The second-order valence-electron chi connectivity index (χ2n) is 20.7. The van der Waals surface area contributed by atoms with Crippen molar-refractivity contribution in [1.29, 1.82) is 0 Å². The van der Waals surface area contributed by atoms with E-state index in [4.69, 9.17) is 4.74 Å². The molecular weight excluding hydrogens is 951 g/mol. The number of hydrogen-bond acceptors (Lipinski definition) is 3. The van der Waals surface area contributed by atoms with Gasteiger partial charge in [-0.05, 0) is 168 Å². The molecule has 0 atom stereocenters. The Bertz CT molecular complexity index is 4200. The fraction of sp³-hybridized carbons (Fsp3) is 0.0270. The van der Waals surface area contributed by atoms with Gasteiger partial charge < -0.3 is 9.64 Å². The second kappa shape index (κ2) is 17.1. The molecule has 3 heteroatoms. The summed E-state index contributed by atoms with van der Waals surface area (Å²) in [6, 6.07) is 106. The maximum Gasteiger partial charge on any atom is 0.132 e. The Balaban J connectivity index is 0.923. The average Bonchev–Trinajstić information content (AvgIpc) is 4.15. The number of para-hydroxylation sites is 2. The first kappa shape index (κ1) is 43.9. The minimum Gasteiger partial charge on any atom is -0.457 e. The van der Waals surface area contributed by atoms with Crippen molar-refractivity contribution >= 4 is 28.8 Å². The zero-order chi connectivity index (χ0) is 50.7. The highest BCUT2D eigenvalue weighted by molar-refractivity contribution is 7.99. The van der Waals surface area contributed by atoms with Gasteiger partial charge >= 0.3 is 0 Å². The van der Waals surface area contributed by atoms with Gasteiger partial charge in [0.1, 0.15) is 11.5 Å². The third-order valence-corrected chi connectivity index (χ3v) is 17.9. The van der Waals surface area contributed by atoms with Crippen LogP contribution in [0.4, 0.5) is 17.1 Å². The molecule has 0 saturated heterocycles. The lowest BCUT2D eigenvalue weighted by molar-refractivity contribution is 0.436. The van der Waals surface area contributed by atoms with Crippen molar-refractivity contribution in [2.45, 2.75) is 20.6 Å². The van der Waals surface area contributed by atoms with Crippen LogP contribution in [0.3, 0.4) is 0 Å². The van der Waals surface area contributed by atoms with Gasteiger partial charge in [-0.25, -0.2) is 0 Å². The monoisotopic (exact) mass is 997 g/mol. The summed E-state index contributed by atoms with van der Waals surface area (Å²) in [6.45, 7) is 0. The van der Waals surface area contributed by atoms with E-state index in [2.05, 4.69) is 290 Å². The van der Waals surface area contributed by atoms with Crippen molar-refractivity contribution in [3.8, 4) is 67.1 Å². The van der Waals surface area contributed by atoms with Gasteiger partial charge in [0, 0.05) is 38.0 Å². The second-order valence-corrected chi connectivity index (χ2v) is 21.7. The SMILES string of the molecule is c1ccc(-c2cc(-c3ccccc3)cc(-c3ccc(N(c4ccc5c(c4)-c4ccccc4C54c5ccccc5Oc5ccccc54)c4ccc5c(c4)C4(c6ccccc6Sc6ccccc64)c4ccccc4-5)cc3)c2)cc1. The van der Waals surface area contributed by atoms with Crippen molar-refractivity contribution in [1.82, 2.24) is 0 Å². The summed E-state index contributed by atoms with van der Waals surface area (Å²) < 4.78 is 6.71. The Labute approximate surface area is 453 Å². The minimum absolute atomic E-state index is 0.525. The van der Waals surface area contributed by atoms with Crippen LogP contribution in [-0.2, 0) is 10.8 Å². The molecular formula is C74H47NOS. The molecule has 12 aromatic rings. The van der Waals surface area contributed by atoms with E-state index in [1.165, 1.54) is 93.2 Å². The van der Waals surface area contributed by atoms with Crippen LogP contribution in [0.5, 0.6) is 11.5 Å². The fourth-order valence-electron chi connectivity index (χ4n) is 13.6.